The number of ether oxygens (including phenoxy) is 1. The van der Waals surface area contributed by atoms with Gasteiger partial charge in [0.1, 0.15) is 0 Å². The Bertz CT molecular complexity index is 199. The van der Waals surface area contributed by atoms with Crippen molar-refractivity contribution in [2.24, 2.45) is 0 Å². The molecular weight excluding hydrogens is 160 g/mol. The molecule has 1 rings (SSSR count). The molecule has 0 amide bonds. The largest absolute Gasteiger partial charge is 0.479 e. The Balaban J connectivity index is 2.74. The van der Waals surface area contributed by atoms with Crippen LogP contribution in [0.25, 0.3) is 0 Å². The van der Waals surface area contributed by atoms with Crippen molar-refractivity contribution in [3.63, 3.8) is 0 Å². The quantitative estimate of drug-likeness (QED) is 0.603. The molecular formula is C8H14O4. The lowest BCUT2D eigenvalue weighted by Gasteiger charge is -2.38. The van der Waals surface area contributed by atoms with Crippen molar-refractivity contribution in [2.45, 2.75) is 37.9 Å². The number of carboxylic acids is 1. The normalized spacial score (nSPS) is 34.6. The number of carbonyl (C=O) groups is 1. The molecule has 12 heavy (non-hydrogen) atoms. The van der Waals surface area contributed by atoms with Gasteiger partial charge in [-0.05, 0) is 13.8 Å². The third kappa shape index (κ3) is 1.76. The van der Waals surface area contributed by atoms with E-state index < -0.39 is 17.2 Å². The SMILES string of the molecule is CC1(C)C[C@](O)(C(=O)O)CCO1. The minimum absolute atomic E-state index is 0.148. The molecule has 0 radical (unpaired) electrons. The van der Waals surface area contributed by atoms with E-state index in [1.807, 2.05) is 0 Å². The lowest BCUT2D eigenvalue weighted by atomic mass is 9.84. The van der Waals surface area contributed by atoms with Crippen LogP contribution in [0, 0.1) is 0 Å². The van der Waals surface area contributed by atoms with Crippen LogP contribution < -0.4 is 0 Å². The molecule has 4 heteroatoms. The molecule has 0 aliphatic carbocycles. The van der Waals surface area contributed by atoms with Gasteiger partial charge in [-0.15, -0.1) is 0 Å². The molecule has 70 valence electrons. The third-order valence-electron chi connectivity index (χ3n) is 2.12. The molecule has 4 nitrogen and oxygen atoms in total. The van der Waals surface area contributed by atoms with E-state index in [9.17, 15) is 9.90 Å². The highest BCUT2D eigenvalue weighted by atomic mass is 16.5. The standard InChI is InChI=1S/C8H14O4/c1-7(2)5-8(11,6(9)10)3-4-12-7/h11H,3-5H2,1-2H3,(H,9,10)/t8-/m0/s1. The zero-order valence-electron chi connectivity index (χ0n) is 7.33. The van der Waals surface area contributed by atoms with Crippen LogP contribution in [-0.2, 0) is 9.53 Å². The van der Waals surface area contributed by atoms with Gasteiger partial charge < -0.3 is 14.9 Å². The molecule has 1 atom stereocenters. The molecule has 0 unspecified atom stereocenters. The van der Waals surface area contributed by atoms with Crippen LogP contribution >= 0.6 is 0 Å². The first-order valence-electron chi connectivity index (χ1n) is 3.95. The third-order valence-corrected chi connectivity index (χ3v) is 2.12. The first kappa shape index (κ1) is 9.48. The maximum atomic E-state index is 10.7. The Morgan fingerprint density at radius 1 is 1.50 bits per heavy atom. The van der Waals surface area contributed by atoms with Crippen molar-refractivity contribution in [3.8, 4) is 0 Å². The van der Waals surface area contributed by atoms with Crippen molar-refractivity contribution < 1.29 is 19.7 Å². The number of carboxylic acid groups (broad SMARTS) is 1. The van der Waals surface area contributed by atoms with Gasteiger partial charge in [-0.25, -0.2) is 4.79 Å². The summed E-state index contributed by atoms with van der Waals surface area (Å²) in [5.74, 6) is -1.15. The van der Waals surface area contributed by atoms with Gasteiger partial charge in [0, 0.05) is 12.8 Å². The Kier molecular flexibility index (Phi) is 2.14. The zero-order chi connectivity index (χ0) is 9.41. The highest BCUT2D eigenvalue weighted by Crippen LogP contribution is 2.31. The molecule has 0 aromatic rings. The van der Waals surface area contributed by atoms with Crippen LogP contribution in [0.3, 0.4) is 0 Å². The molecule has 1 saturated heterocycles. The molecule has 0 bridgehead atoms. The van der Waals surface area contributed by atoms with Crippen LogP contribution in [0.4, 0.5) is 0 Å². The van der Waals surface area contributed by atoms with E-state index in [2.05, 4.69) is 0 Å². The van der Waals surface area contributed by atoms with E-state index in [4.69, 9.17) is 9.84 Å². The Labute approximate surface area is 71.2 Å². The minimum Gasteiger partial charge on any atom is -0.479 e. The van der Waals surface area contributed by atoms with Crippen LogP contribution in [0.1, 0.15) is 26.7 Å². The van der Waals surface area contributed by atoms with Crippen molar-refractivity contribution in [2.75, 3.05) is 6.61 Å². The van der Waals surface area contributed by atoms with E-state index in [1.54, 1.807) is 13.8 Å². The number of hydrogen-bond acceptors (Lipinski definition) is 3. The van der Waals surface area contributed by atoms with Gasteiger partial charge >= 0.3 is 5.97 Å². The zero-order valence-corrected chi connectivity index (χ0v) is 7.33. The molecule has 1 heterocycles. The van der Waals surface area contributed by atoms with Crippen LogP contribution in [-0.4, -0.2) is 34.0 Å². The highest BCUT2D eigenvalue weighted by Gasteiger charge is 2.44. The van der Waals surface area contributed by atoms with Crippen LogP contribution in [0.15, 0.2) is 0 Å². The summed E-state index contributed by atoms with van der Waals surface area (Å²) in [5.41, 5.74) is -2.13. The fraction of sp³-hybridized carbons (Fsp3) is 0.875. The topological polar surface area (TPSA) is 66.8 Å². The Hall–Kier alpha value is -0.610. The summed E-state index contributed by atoms with van der Waals surface area (Å²) in [4.78, 5) is 10.7. The van der Waals surface area contributed by atoms with E-state index in [0.29, 0.717) is 6.61 Å². The smallest absolute Gasteiger partial charge is 0.335 e. The van der Waals surface area contributed by atoms with Crippen LogP contribution in [0.5, 0.6) is 0 Å². The van der Waals surface area contributed by atoms with E-state index >= 15 is 0 Å². The van der Waals surface area contributed by atoms with Gasteiger partial charge in [0.05, 0.1) is 12.2 Å². The summed E-state index contributed by atoms with van der Waals surface area (Å²) in [5, 5.41) is 18.3. The van der Waals surface area contributed by atoms with E-state index in [-0.39, 0.29) is 12.8 Å². The lowest BCUT2D eigenvalue weighted by Crippen LogP contribution is -2.50. The molecule has 0 spiro atoms. The predicted octanol–water partition coefficient (Wildman–Crippen LogP) is 0.391. The highest BCUT2D eigenvalue weighted by molar-refractivity contribution is 5.77. The van der Waals surface area contributed by atoms with Gasteiger partial charge in [0.2, 0.25) is 0 Å². The average Bonchev–Trinajstić information content (AvgIpc) is 1.83. The van der Waals surface area contributed by atoms with E-state index in [0.717, 1.165) is 0 Å². The number of rotatable bonds is 1. The fourth-order valence-corrected chi connectivity index (χ4v) is 1.52. The first-order chi connectivity index (χ1) is 5.36. The molecule has 2 N–H and O–H groups in total. The van der Waals surface area contributed by atoms with Crippen molar-refractivity contribution >= 4 is 5.97 Å². The molecule has 0 saturated carbocycles. The number of hydrogen-bond donors (Lipinski definition) is 2. The van der Waals surface area contributed by atoms with Crippen molar-refractivity contribution in [1.82, 2.24) is 0 Å². The van der Waals surface area contributed by atoms with Gasteiger partial charge in [-0.2, -0.15) is 0 Å². The second-order valence-electron chi connectivity index (χ2n) is 3.87. The lowest BCUT2D eigenvalue weighted by molar-refractivity contribution is -0.185. The monoisotopic (exact) mass is 174 g/mol. The summed E-state index contributed by atoms with van der Waals surface area (Å²) in [6.45, 7) is 3.86. The second kappa shape index (κ2) is 2.71. The Morgan fingerprint density at radius 3 is 2.42 bits per heavy atom. The molecule has 1 aliphatic rings. The number of aliphatic carboxylic acids is 1. The summed E-state index contributed by atoms with van der Waals surface area (Å²) in [6.07, 6.45) is 0.321. The Morgan fingerprint density at radius 2 is 2.08 bits per heavy atom. The first-order valence-corrected chi connectivity index (χ1v) is 3.95. The number of aliphatic hydroxyl groups is 1. The van der Waals surface area contributed by atoms with Crippen molar-refractivity contribution in [3.05, 3.63) is 0 Å². The summed E-state index contributed by atoms with van der Waals surface area (Å²) in [6, 6.07) is 0. The molecule has 0 aromatic heterocycles. The van der Waals surface area contributed by atoms with E-state index in [1.165, 1.54) is 0 Å². The predicted molar refractivity (Wildman–Crippen MR) is 41.9 cm³/mol. The van der Waals surface area contributed by atoms with Gasteiger partial charge in [0.25, 0.3) is 0 Å². The molecule has 1 aliphatic heterocycles. The summed E-state index contributed by atoms with van der Waals surface area (Å²) < 4.78 is 5.29. The molecule has 1 fully saturated rings. The minimum atomic E-state index is -1.60. The maximum Gasteiger partial charge on any atom is 0.335 e. The van der Waals surface area contributed by atoms with Gasteiger partial charge in [-0.3, -0.25) is 0 Å². The summed E-state index contributed by atoms with van der Waals surface area (Å²) in [7, 11) is 0. The average molecular weight is 174 g/mol. The summed E-state index contributed by atoms with van der Waals surface area (Å²) >= 11 is 0. The van der Waals surface area contributed by atoms with Gasteiger partial charge in [0.15, 0.2) is 5.60 Å². The second-order valence-corrected chi connectivity index (χ2v) is 3.87. The van der Waals surface area contributed by atoms with Gasteiger partial charge in [-0.1, -0.05) is 0 Å². The van der Waals surface area contributed by atoms with Crippen molar-refractivity contribution in [1.29, 1.82) is 0 Å². The molecule has 0 aromatic carbocycles. The van der Waals surface area contributed by atoms with Crippen LogP contribution in [0.2, 0.25) is 0 Å². The fourth-order valence-electron chi connectivity index (χ4n) is 1.52. The maximum absolute atomic E-state index is 10.7.